The number of imide groups is 1. The maximum Gasteiger partial charge on any atom is 0.272 e. The molecule has 4 aromatic rings. The minimum Gasteiger partial charge on any atom is -0.351 e. The molecule has 0 aliphatic carbocycles. The molecule has 8 nitrogen and oxygen atoms in total. The van der Waals surface area contributed by atoms with Crippen LogP contribution in [-0.2, 0) is 9.59 Å². The molecule has 3 aromatic carbocycles. The molecule has 0 radical (unpaired) electrons. The van der Waals surface area contributed by atoms with Crippen LogP contribution in [-0.4, -0.2) is 44.8 Å². The molecule has 36 heavy (non-hydrogen) atoms. The average Bonchev–Trinajstić information content (AvgIpc) is 3.56. The topological polar surface area (TPSA) is 88.4 Å². The van der Waals surface area contributed by atoms with Crippen LogP contribution < -0.4 is 9.80 Å². The van der Waals surface area contributed by atoms with Gasteiger partial charge in [0.05, 0.1) is 29.1 Å². The van der Waals surface area contributed by atoms with Crippen LogP contribution in [0.4, 0.5) is 15.8 Å². The van der Waals surface area contributed by atoms with Crippen molar-refractivity contribution >= 4 is 46.2 Å². The van der Waals surface area contributed by atoms with Crippen molar-refractivity contribution in [3.8, 4) is 0 Å². The standard InChI is InChI=1S/C27H18FN5O3/c28-16-10-12-17(13-11-16)31-25(34)22-21-14-9-15-5-1-3-7-19(15)32(21)24(23(22)26(31)35)27(36)33-20-8-4-2-6-18(20)29-30-33/h1-14,21-24H/t21-,22+,23+,24-/m1/s1. The number of benzene rings is 3. The average molecular weight is 479 g/mol. The molecule has 2 fully saturated rings. The first-order valence-electron chi connectivity index (χ1n) is 11.6. The zero-order valence-electron chi connectivity index (χ0n) is 18.7. The number of fused-ring (bicyclic) bond motifs is 6. The number of para-hydroxylation sites is 2. The molecule has 0 saturated carbocycles. The SMILES string of the molecule is O=C1[C@@H]2[C@H](C(=O)N1c1ccc(F)cc1)[C@H](C(=O)n1nnc3ccccc31)N1c3ccccc3C=C[C@H]21. The van der Waals surface area contributed by atoms with Gasteiger partial charge in [-0.05, 0) is 48.0 Å². The van der Waals surface area contributed by atoms with E-state index in [0.29, 0.717) is 11.0 Å². The second kappa shape index (κ2) is 7.42. The number of hydrogen-bond acceptors (Lipinski definition) is 6. The molecule has 4 heterocycles. The summed E-state index contributed by atoms with van der Waals surface area (Å²) >= 11 is 0. The van der Waals surface area contributed by atoms with Crippen LogP contribution in [0.1, 0.15) is 10.4 Å². The third kappa shape index (κ3) is 2.70. The lowest BCUT2D eigenvalue weighted by Gasteiger charge is -2.36. The molecule has 0 bridgehead atoms. The highest BCUT2D eigenvalue weighted by Gasteiger charge is 2.64. The van der Waals surface area contributed by atoms with E-state index in [9.17, 15) is 18.8 Å². The molecular weight excluding hydrogens is 461 g/mol. The first-order valence-corrected chi connectivity index (χ1v) is 11.6. The van der Waals surface area contributed by atoms with Gasteiger partial charge in [-0.3, -0.25) is 14.4 Å². The molecule has 0 N–H and O–H groups in total. The fourth-order valence-electron chi connectivity index (χ4n) is 5.80. The molecule has 0 spiro atoms. The number of halogens is 1. The van der Waals surface area contributed by atoms with Crippen LogP contribution in [0.5, 0.6) is 0 Å². The van der Waals surface area contributed by atoms with Gasteiger partial charge in [0, 0.05) is 5.69 Å². The van der Waals surface area contributed by atoms with E-state index < -0.39 is 47.5 Å². The minimum atomic E-state index is -0.988. The maximum atomic E-state index is 14.1. The molecule has 3 aliphatic heterocycles. The van der Waals surface area contributed by atoms with Gasteiger partial charge in [-0.1, -0.05) is 47.7 Å². The van der Waals surface area contributed by atoms with E-state index in [4.69, 9.17) is 0 Å². The van der Waals surface area contributed by atoms with Crippen molar-refractivity contribution in [2.75, 3.05) is 9.80 Å². The van der Waals surface area contributed by atoms with Crippen molar-refractivity contribution in [3.05, 3.63) is 90.3 Å². The molecule has 0 unspecified atom stereocenters. The Balaban J connectivity index is 1.39. The third-order valence-corrected chi connectivity index (χ3v) is 7.31. The summed E-state index contributed by atoms with van der Waals surface area (Å²) in [6.45, 7) is 0. The van der Waals surface area contributed by atoms with Crippen LogP contribution in [0, 0.1) is 17.7 Å². The number of carbonyl (C=O) groups is 3. The van der Waals surface area contributed by atoms with E-state index in [0.717, 1.165) is 16.2 Å². The van der Waals surface area contributed by atoms with E-state index in [2.05, 4.69) is 10.3 Å². The van der Waals surface area contributed by atoms with Crippen LogP contribution in [0.15, 0.2) is 78.9 Å². The Bertz CT molecular complexity index is 1610. The first-order chi connectivity index (χ1) is 17.5. The Morgan fingerprint density at radius 2 is 1.58 bits per heavy atom. The summed E-state index contributed by atoms with van der Waals surface area (Å²) < 4.78 is 14.8. The fourth-order valence-corrected chi connectivity index (χ4v) is 5.80. The van der Waals surface area contributed by atoms with Crippen molar-refractivity contribution < 1.29 is 18.8 Å². The van der Waals surface area contributed by atoms with Gasteiger partial charge in [-0.15, -0.1) is 5.10 Å². The number of aromatic nitrogens is 3. The summed E-state index contributed by atoms with van der Waals surface area (Å²) in [5, 5.41) is 8.21. The highest BCUT2D eigenvalue weighted by molar-refractivity contribution is 6.25. The van der Waals surface area contributed by atoms with Gasteiger partial charge in [0.1, 0.15) is 17.4 Å². The normalized spacial score (nSPS) is 24.2. The Labute approximate surface area is 204 Å². The van der Waals surface area contributed by atoms with Gasteiger partial charge in [-0.2, -0.15) is 4.68 Å². The van der Waals surface area contributed by atoms with Gasteiger partial charge in [0.25, 0.3) is 5.91 Å². The lowest BCUT2D eigenvalue weighted by molar-refractivity contribution is -0.122. The minimum absolute atomic E-state index is 0.282. The second-order valence-corrected chi connectivity index (χ2v) is 9.13. The molecular formula is C27H18FN5O3. The van der Waals surface area contributed by atoms with E-state index in [1.807, 2.05) is 41.3 Å². The van der Waals surface area contributed by atoms with Gasteiger partial charge in [0.15, 0.2) is 0 Å². The molecule has 4 atom stereocenters. The van der Waals surface area contributed by atoms with Gasteiger partial charge in [-0.25, -0.2) is 9.29 Å². The summed E-state index contributed by atoms with van der Waals surface area (Å²) in [6.07, 6.45) is 3.80. The fraction of sp³-hybridized carbons (Fsp3) is 0.148. The van der Waals surface area contributed by atoms with Crippen LogP contribution in [0.2, 0.25) is 0 Å². The molecule has 2 saturated heterocycles. The predicted octanol–water partition coefficient (Wildman–Crippen LogP) is 3.30. The molecule has 176 valence electrons. The number of rotatable bonds is 2. The zero-order valence-corrected chi connectivity index (χ0v) is 18.7. The number of hydrogen-bond donors (Lipinski definition) is 0. The highest BCUT2D eigenvalue weighted by atomic mass is 19.1. The zero-order chi connectivity index (χ0) is 24.6. The van der Waals surface area contributed by atoms with Gasteiger partial charge >= 0.3 is 0 Å². The highest BCUT2D eigenvalue weighted by Crippen LogP contribution is 2.49. The maximum absolute atomic E-state index is 14.1. The lowest BCUT2D eigenvalue weighted by Crippen LogP contribution is -2.50. The molecule has 2 amide bonds. The van der Waals surface area contributed by atoms with Crippen molar-refractivity contribution in [1.29, 1.82) is 0 Å². The summed E-state index contributed by atoms with van der Waals surface area (Å²) in [7, 11) is 0. The van der Waals surface area contributed by atoms with E-state index >= 15 is 0 Å². The lowest BCUT2D eigenvalue weighted by atomic mass is 9.88. The molecule has 7 rings (SSSR count). The monoisotopic (exact) mass is 479 g/mol. The van der Waals surface area contributed by atoms with E-state index in [1.165, 1.54) is 28.9 Å². The molecule has 9 heteroatoms. The number of amides is 2. The first kappa shape index (κ1) is 20.7. The molecule has 3 aliphatic rings. The van der Waals surface area contributed by atoms with Gasteiger partial charge in [0.2, 0.25) is 11.8 Å². The van der Waals surface area contributed by atoms with Gasteiger partial charge < -0.3 is 4.90 Å². The largest absolute Gasteiger partial charge is 0.351 e. The number of anilines is 2. The Kier molecular flexibility index (Phi) is 4.26. The summed E-state index contributed by atoms with van der Waals surface area (Å²) in [4.78, 5) is 44.7. The van der Waals surface area contributed by atoms with Crippen LogP contribution >= 0.6 is 0 Å². The predicted molar refractivity (Wildman–Crippen MR) is 130 cm³/mol. The molecule has 1 aromatic heterocycles. The third-order valence-electron chi connectivity index (χ3n) is 7.31. The Morgan fingerprint density at radius 3 is 2.42 bits per heavy atom. The number of nitrogens with zero attached hydrogens (tertiary/aromatic N) is 5. The number of carbonyl (C=O) groups excluding carboxylic acids is 3. The summed E-state index contributed by atoms with van der Waals surface area (Å²) in [5.41, 5.74) is 3.03. The Hall–Kier alpha value is -4.66. The van der Waals surface area contributed by atoms with Crippen molar-refractivity contribution in [3.63, 3.8) is 0 Å². The van der Waals surface area contributed by atoms with Crippen molar-refractivity contribution in [2.24, 2.45) is 11.8 Å². The smallest absolute Gasteiger partial charge is 0.272 e. The van der Waals surface area contributed by atoms with E-state index in [-0.39, 0.29) is 5.69 Å². The van der Waals surface area contributed by atoms with Crippen LogP contribution in [0.3, 0.4) is 0 Å². The Morgan fingerprint density at radius 1 is 0.861 bits per heavy atom. The van der Waals surface area contributed by atoms with Crippen LogP contribution in [0.25, 0.3) is 17.1 Å². The van der Waals surface area contributed by atoms with E-state index in [1.54, 1.807) is 24.3 Å². The summed E-state index contributed by atoms with van der Waals surface area (Å²) in [6, 6.07) is 18.4. The van der Waals surface area contributed by atoms with Crippen molar-refractivity contribution in [2.45, 2.75) is 12.1 Å². The van der Waals surface area contributed by atoms with Crippen molar-refractivity contribution in [1.82, 2.24) is 15.0 Å². The quantitative estimate of drug-likeness (QED) is 0.410. The summed E-state index contributed by atoms with van der Waals surface area (Å²) in [5.74, 6) is -3.53. The second-order valence-electron chi connectivity index (χ2n) is 9.13.